The Kier molecular flexibility index (Phi) is 2.50. The predicted molar refractivity (Wildman–Crippen MR) is 56.3 cm³/mol. The highest BCUT2D eigenvalue weighted by Crippen LogP contribution is 2.48. The van der Waals surface area contributed by atoms with Gasteiger partial charge >= 0.3 is 0 Å². The van der Waals surface area contributed by atoms with Crippen molar-refractivity contribution in [2.75, 3.05) is 0 Å². The third-order valence-electron chi connectivity index (χ3n) is 2.72. The average Bonchev–Trinajstić information content (AvgIpc) is 2.61. The molecule has 1 aliphatic carbocycles. The molecule has 1 saturated carbocycles. The van der Waals surface area contributed by atoms with Gasteiger partial charge in [0, 0.05) is 11.1 Å². The molecule has 0 saturated heterocycles. The normalized spacial score (nSPS) is 28.9. The third-order valence-corrected chi connectivity index (χ3v) is 3.69. The van der Waals surface area contributed by atoms with E-state index in [0.717, 1.165) is 10.7 Å². The van der Waals surface area contributed by atoms with Gasteiger partial charge in [-0.1, -0.05) is 0 Å². The molecule has 0 bridgehead atoms. The van der Waals surface area contributed by atoms with Crippen molar-refractivity contribution in [3.8, 4) is 0 Å². The van der Waals surface area contributed by atoms with Gasteiger partial charge in [-0.2, -0.15) is 0 Å². The standard InChI is InChI=1S/C10H13FN2OS/c1-6-5-15-8(13-6)4-12-9(14)10(2)3-7(10)11/h5,7H,3-4H2,1-2H3,(H,12,14). The van der Waals surface area contributed by atoms with Crippen LogP contribution in [0.1, 0.15) is 24.0 Å². The zero-order valence-electron chi connectivity index (χ0n) is 8.71. The molecular weight excluding hydrogens is 215 g/mol. The van der Waals surface area contributed by atoms with Crippen molar-refractivity contribution in [3.63, 3.8) is 0 Å². The molecule has 3 nitrogen and oxygen atoms in total. The summed E-state index contributed by atoms with van der Waals surface area (Å²) >= 11 is 1.50. The van der Waals surface area contributed by atoms with Gasteiger partial charge in [-0.15, -0.1) is 11.3 Å². The number of carbonyl (C=O) groups excluding carboxylic acids is 1. The molecule has 1 aromatic rings. The Labute approximate surface area is 91.7 Å². The molecular formula is C10H13FN2OS. The van der Waals surface area contributed by atoms with Crippen LogP contribution in [0.3, 0.4) is 0 Å². The maximum absolute atomic E-state index is 12.9. The fourth-order valence-corrected chi connectivity index (χ4v) is 2.10. The van der Waals surface area contributed by atoms with E-state index < -0.39 is 11.6 Å². The molecule has 1 aromatic heterocycles. The van der Waals surface area contributed by atoms with E-state index >= 15 is 0 Å². The summed E-state index contributed by atoms with van der Waals surface area (Å²) in [6, 6.07) is 0. The van der Waals surface area contributed by atoms with E-state index in [-0.39, 0.29) is 5.91 Å². The number of thiazole rings is 1. The maximum atomic E-state index is 12.9. The van der Waals surface area contributed by atoms with Gasteiger partial charge in [0.25, 0.3) is 0 Å². The van der Waals surface area contributed by atoms with Crippen molar-refractivity contribution < 1.29 is 9.18 Å². The number of hydrogen-bond acceptors (Lipinski definition) is 3. The van der Waals surface area contributed by atoms with Crippen LogP contribution in [-0.2, 0) is 11.3 Å². The Hall–Kier alpha value is -0.970. The lowest BCUT2D eigenvalue weighted by Crippen LogP contribution is -2.31. The van der Waals surface area contributed by atoms with E-state index in [9.17, 15) is 9.18 Å². The second-order valence-electron chi connectivity index (χ2n) is 4.15. The van der Waals surface area contributed by atoms with Crippen molar-refractivity contribution in [2.24, 2.45) is 5.41 Å². The van der Waals surface area contributed by atoms with Gasteiger partial charge < -0.3 is 5.32 Å². The van der Waals surface area contributed by atoms with Crippen molar-refractivity contribution in [3.05, 3.63) is 16.1 Å². The Bertz CT molecular complexity index is 393. The zero-order chi connectivity index (χ0) is 11.1. The van der Waals surface area contributed by atoms with Crippen LogP contribution in [0, 0.1) is 12.3 Å². The lowest BCUT2D eigenvalue weighted by atomic mass is 10.1. The summed E-state index contributed by atoms with van der Waals surface area (Å²) in [6.07, 6.45) is -0.633. The maximum Gasteiger partial charge on any atom is 0.229 e. The summed E-state index contributed by atoms with van der Waals surface area (Å²) in [7, 11) is 0. The van der Waals surface area contributed by atoms with E-state index in [0.29, 0.717) is 13.0 Å². The van der Waals surface area contributed by atoms with Gasteiger partial charge in [0.1, 0.15) is 11.2 Å². The molecule has 2 rings (SSSR count). The molecule has 1 heterocycles. The highest BCUT2D eigenvalue weighted by molar-refractivity contribution is 7.09. The van der Waals surface area contributed by atoms with Crippen LogP contribution in [0.4, 0.5) is 4.39 Å². The molecule has 0 spiro atoms. The first-order valence-corrected chi connectivity index (χ1v) is 5.74. The molecule has 1 fully saturated rings. The largest absolute Gasteiger partial charge is 0.349 e. The van der Waals surface area contributed by atoms with Gasteiger partial charge in [0.05, 0.1) is 12.0 Å². The number of rotatable bonds is 3. The smallest absolute Gasteiger partial charge is 0.229 e. The Morgan fingerprint density at radius 3 is 3.00 bits per heavy atom. The fraction of sp³-hybridized carbons (Fsp3) is 0.600. The second-order valence-corrected chi connectivity index (χ2v) is 5.10. The zero-order valence-corrected chi connectivity index (χ0v) is 9.53. The molecule has 2 unspecified atom stereocenters. The minimum Gasteiger partial charge on any atom is -0.349 e. The summed E-state index contributed by atoms with van der Waals surface area (Å²) in [6.45, 7) is 3.96. The predicted octanol–water partition coefficient (Wildman–Crippen LogP) is 1.82. The molecule has 15 heavy (non-hydrogen) atoms. The molecule has 1 amide bonds. The third kappa shape index (κ3) is 2.02. The van der Waals surface area contributed by atoms with Crippen LogP contribution in [0.2, 0.25) is 0 Å². The minimum atomic E-state index is -0.976. The number of carbonyl (C=O) groups is 1. The number of aryl methyl sites for hydroxylation is 1. The molecule has 0 aliphatic heterocycles. The number of nitrogens with one attached hydrogen (secondary N) is 1. The summed E-state index contributed by atoms with van der Waals surface area (Å²) in [5, 5.41) is 5.50. The van der Waals surface area contributed by atoms with Crippen LogP contribution in [-0.4, -0.2) is 17.1 Å². The monoisotopic (exact) mass is 228 g/mol. The van der Waals surface area contributed by atoms with Crippen molar-refractivity contribution in [2.45, 2.75) is 33.0 Å². The molecule has 82 valence electrons. The number of nitrogens with zero attached hydrogens (tertiary/aromatic N) is 1. The molecule has 0 aromatic carbocycles. The number of amides is 1. The number of alkyl halides is 1. The first kappa shape index (κ1) is 10.5. The van der Waals surface area contributed by atoms with E-state index in [1.165, 1.54) is 11.3 Å². The lowest BCUT2D eigenvalue weighted by Gasteiger charge is -2.08. The van der Waals surface area contributed by atoms with Crippen LogP contribution in [0.5, 0.6) is 0 Å². The van der Waals surface area contributed by atoms with E-state index in [4.69, 9.17) is 0 Å². The number of aromatic nitrogens is 1. The van der Waals surface area contributed by atoms with Crippen LogP contribution in [0.15, 0.2) is 5.38 Å². The van der Waals surface area contributed by atoms with Crippen molar-refractivity contribution >= 4 is 17.2 Å². The van der Waals surface area contributed by atoms with Crippen molar-refractivity contribution in [1.29, 1.82) is 0 Å². The topological polar surface area (TPSA) is 42.0 Å². The SMILES string of the molecule is Cc1csc(CNC(=O)C2(C)CC2F)n1. The highest BCUT2D eigenvalue weighted by Gasteiger charge is 2.57. The lowest BCUT2D eigenvalue weighted by molar-refractivity contribution is -0.126. The molecule has 1 N–H and O–H groups in total. The average molecular weight is 228 g/mol. The minimum absolute atomic E-state index is 0.206. The summed E-state index contributed by atoms with van der Waals surface area (Å²) in [5.74, 6) is -0.206. The van der Waals surface area contributed by atoms with Crippen molar-refractivity contribution in [1.82, 2.24) is 10.3 Å². The highest BCUT2D eigenvalue weighted by atomic mass is 32.1. The summed E-state index contributed by atoms with van der Waals surface area (Å²) < 4.78 is 12.9. The van der Waals surface area contributed by atoms with Crippen LogP contribution in [0.25, 0.3) is 0 Å². The Morgan fingerprint density at radius 2 is 2.53 bits per heavy atom. The molecule has 2 atom stereocenters. The molecule has 1 aliphatic rings. The van der Waals surface area contributed by atoms with Crippen LogP contribution < -0.4 is 5.32 Å². The van der Waals surface area contributed by atoms with Gasteiger partial charge in [-0.05, 0) is 20.3 Å². The summed E-state index contributed by atoms with van der Waals surface area (Å²) in [4.78, 5) is 15.8. The molecule has 0 radical (unpaired) electrons. The van der Waals surface area contributed by atoms with Gasteiger partial charge in [0.15, 0.2) is 0 Å². The van der Waals surface area contributed by atoms with Gasteiger partial charge in [0.2, 0.25) is 5.91 Å². The van der Waals surface area contributed by atoms with E-state index in [1.807, 2.05) is 12.3 Å². The number of halogens is 1. The van der Waals surface area contributed by atoms with Gasteiger partial charge in [-0.25, -0.2) is 9.37 Å². The van der Waals surface area contributed by atoms with Crippen LogP contribution >= 0.6 is 11.3 Å². The van der Waals surface area contributed by atoms with E-state index in [1.54, 1.807) is 6.92 Å². The Balaban J connectivity index is 1.86. The van der Waals surface area contributed by atoms with E-state index in [2.05, 4.69) is 10.3 Å². The fourth-order valence-electron chi connectivity index (χ4n) is 1.39. The Morgan fingerprint density at radius 1 is 1.87 bits per heavy atom. The summed E-state index contributed by atoms with van der Waals surface area (Å²) in [5.41, 5.74) is 0.164. The number of hydrogen-bond donors (Lipinski definition) is 1. The first-order valence-electron chi connectivity index (χ1n) is 4.86. The second kappa shape index (κ2) is 3.56. The quantitative estimate of drug-likeness (QED) is 0.857. The first-order chi connectivity index (χ1) is 7.02. The molecule has 5 heteroatoms. The van der Waals surface area contributed by atoms with Gasteiger partial charge in [-0.3, -0.25) is 4.79 Å².